The third-order valence-corrected chi connectivity index (χ3v) is 3.31. The summed E-state index contributed by atoms with van der Waals surface area (Å²) in [5, 5.41) is 3.34. The van der Waals surface area contributed by atoms with Crippen molar-refractivity contribution in [1.29, 1.82) is 0 Å². The molecule has 1 aliphatic rings. The first kappa shape index (κ1) is 13.4. The minimum absolute atomic E-state index is 0.0976. The van der Waals surface area contributed by atoms with Gasteiger partial charge in [0.2, 0.25) is 0 Å². The van der Waals surface area contributed by atoms with Gasteiger partial charge >= 0.3 is 0 Å². The van der Waals surface area contributed by atoms with Gasteiger partial charge in [0.25, 0.3) is 6.43 Å². The van der Waals surface area contributed by atoms with E-state index in [1.807, 2.05) is 6.07 Å². The summed E-state index contributed by atoms with van der Waals surface area (Å²) in [4.78, 5) is 0. The van der Waals surface area contributed by atoms with E-state index >= 15 is 0 Å². The fourth-order valence-electron chi connectivity index (χ4n) is 2.21. The Morgan fingerprint density at radius 1 is 1.28 bits per heavy atom. The summed E-state index contributed by atoms with van der Waals surface area (Å²) in [7, 11) is 0. The van der Waals surface area contributed by atoms with Crippen LogP contribution < -0.4 is 5.32 Å². The van der Waals surface area contributed by atoms with Crippen LogP contribution in [0.4, 0.5) is 8.78 Å². The van der Waals surface area contributed by atoms with Gasteiger partial charge in [0.1, 0.15) is 0 Å². The molecule has 2 nitrogen and oxygen atoms in total. The van der Waals surface area contributed by atoms with Gasteiger partial charge in [-0.2, -0.15) is 0 Å². The van der Waals surface area contributed by atoms with Crippen molar-refractivity contribution < 1.29 is 13.5 Å². The van der Waals surface area contributed by atoms with E-state index in [-0.39, 0.29) is 5.56 Å². The quantitative estimate of drug-likeness (QED) is 0.872. The van der Waals surface area contributed by atoms with Crippen molar-refractivity contribution in [3.63, 3.8) is 0 Å². The molecule has 18 heavy (non-hydrogen) atoms. The summed E-state index contributed by atoms with van der Waals surface area (Å²) in [5.74, 6) is 0.650. The average Bonchev–Trinajstić information content (AvgIpc) is 2.40. The molecule has 100 valence electrons. The first-order valence-electron chi connectivity index (χ1n) is 6.41. The Hall–Kier alpha value is -1.00. The van der Waals surface area contributed by atoms with Crippen LogP contribution in [0.3, 0.4) is 0 Å². The molecule has 0 aromatic heterocycles. The highest BCUT2D eigenvalue weighted by molar-refractivity contribution is 5.24. The zero-order valence-corrected chi connectivity index (χ0v) is 10.4. The Morgan fingerprint density at radius 3 is 2.78 bits per heavy atom. The van der Waals surface area contributed by atoms with E-state index in [4.69, 9.17) is 4.74 Å². The van der Waals surface area contributed by atoms with E-state index in [0.717, 1.165) is 38.2 Å². The molecular weight excluding hydrogens is 236 g/mol. The van der Waals surface area contributed by atoms with E-state index in [0.29, 0.717) is 12.5 Å². The molecule has 0 spiro atoms. The smallest absolute Gasteiger partial charge is 0.263 e. The maximum Gasteiger partial charge on any atom is 0.263 e. The second kappa shape index (κ2) is 6.81. The first-order chi connectivity index (χ1) is 8.75. The SMILES string of the molecule is FC(F)c1cccc(CNCC2CCOCC2)c1. The lowest BCUT2D eigenvalue weighted by atomic mass is 10.0. The summed E-state index contributed by atoms with van der Waals surface area (Å²) in [6.07, 6.45) is -0.214. The second-order valence-electron chi connectivity index (χ2n) is 4.73. The van der Waals surface area contributed by atoms with Gasteiger partial charge in [0, 0.05) is 25.3 Å². The van der Waals surface area contributed by atoms with E-state index in [1.54, 1.807) is 12.1 Å². The molecule has 0 bridgehead atoms. The molecule has 0 atom stereocenters. The van der Waals surface area contributed by atoms with Crippen molar-refractivity contribution in [2.24, 2.45) is 5.92 Å². The predicted octanol–water partition coefficient (Wildman–Crippen LogP) is 3.14. The molecule has 0 radical (unpaired) electrons. The van der Waals surface area contributed by atoms with Gasteiger partial charge < -0.3 is 10.1 Å². The molecule has 0 unspecified atom stereocenters. The highest BCUT2D eigenvalue weighted by Crippen LogP contribution is 2.19. The van der Waals surface area contributed by atoms with Crippen LogP contribution in [0.2, 0.25) is 0 Å². The Labute approximate surface area is 106 Å². The molecule has 1 heterocycles. The topological polar surface area (TPSA) is 21.3 Å². The van der Waals surface area contributed by atoms with E-state index in [2.05, 4.69) is 5.32 Å². The Balaban J connectivity index is 1.77. The van der Waals surface area contributed by atoms with Crippen LogP contribution in [-0.2, 0) is 11.3 Å². The van der Waals surface area contributed by atoms with Crippen LogP contribution in [0, 0.1) is 5.92 Å². The highest BCUT2D eigenvalue weighted by atomic mass is 19.3. The van der Waals surface area contributed by atoms with Gasteiger partial charge in [-0.25, -0.2) is 8.78 Å². The first-order valence-corrected chi connectivity index (χ1v) is 6.41. The highest BCUT2D eigenvalue weighted by Gasteiger charge is 2.13. The standard InChI is InChI=1S/C14H19F2NO/c15-14(16)13-3-1-2-12(8-13)10-17-9-11-4-6-18-7-5-11/h1-3,8,11,14,17H,4-7,9-10H2. The number of alkyl halides is 2. The van der Waals surface area contributed by atoms with E-state index < -0.39 is 6.43 Å². The zero-order chi connectivity index (χ0) is 12.8. The van der Waals surface area contributed by atoms with Gasteiger partial charge in [-0.1, -0.05) is 18.2 Å². The van der Waals surface area contributed by atoms with Crippen LogP contribution in [-0.4, -0.2) is 19.8 Å². The molecule has 0 saturated carbocycles. The lowest BCUT2D eigenvalue weighted by Crippen LogP contribution is -2.27. The van der Waals surface area contributed by atoms with Gasteiger partial charge in [0.05, 0.1) is 0 Å². The molecule has 1 fully saturated rings. The fraction of sp³-hybridized carbons (Fsp3) is 0.571. The number of hydrogen-bond donors (Lipinski definition) is 1. The maximum atomic E-state index is 12.5. The van der Waals surface area contributed by atoms with Crippen LogP contribution in [0.15, 0.2) is 24.3 Å². The number of hydrogen-bond acceptors (Lipinski definition) is 2. The minimum atomic E-state index is -2.39. The van der Waals surface area contributed by atoms with Crippen molar-refractivity contribution in [3.05, 3.63) is 35.4 Å². The number of nitrogens with one attached hydrogen (secondary N) is 1. The molecule has 0 aliphatic carbocycles. The molecule has 0 amide bonds. The van der Waals surface area contributed by atoms with Crippen molar-refractivity contribution in [3.8, 4) is 0 Å². The molecule has 2 rings (SSSR count). The summed E-state index contributed by atoms with van der Waals surface area (Å²) in [6.45, 7) is 3.26. The van der Waals surface area contributed by atoms with Crippen LogP contribution in [0.5, 0.6) is 0 Å². The monoisotopic (exact) mass is 255 g/mol. The Bertz CT molecular complexity index is 365. The van der Waals surface area contributed by atoms with Crippen LogP contribution >= 0.6 is 0 Å². The molecule has 1 aliphatic heterocycles. The second-order valence-corrected chi connectivity index (χ2v) is 4.73. The summed E-state index contributed by atoms with van der Waals surface area (Å²) < 4.78 is 30.3. The molecule has 1 saturated heterocycles. The summed E-state index contributed by atoms with van der Waals surface area (Å²) >= 11 is 0. The lowest BCUT2D eigenvalue weighted by Gasteiger charge is -2.22. The lowest BCUT2D eigenvalue weighted by molar-refractivity contribution is 0.0662. The molecule has 1 N–H and O–H groups in total. The Kier molecular flexibility index (Phi) is 5.08. The zero-order valence-electron chi connectivity index (χ0n) is 10.4. The van der Waals surface area contributed by atoms with Crippen molar-refractivity contribution in [1.82, 2.24) is 5.32 Å². The predicted molar refractivity (Wildman–Crippen MR) is 66.6 cm³/mol. The van der Waals surface area contributed by atoms with Crippen LogP contribution in [0.1, 0.15) is 30.4 Å². The summed E-state index contributed by atoms with van der Waals surface area (Å²) in [5.41, 5.74) is 1.01. The van der Waals surface area contributed by atoms with Gasteiger partial charge in [-0.15, -0.1) is 0 Å². The van der Waals surface area contributed by atoms with Gasteiger partial charge in [-0.3, -0.25) is 0 Å². The normalized spacial score (nSPS) is 17.3. The summed E-state index contributed by atoms with van der Waals surface area (Å²) in [6, 6.07) is 6.60. The Morgan fingerprint density at radius 2 is 2.06 bits per heavy atom. The average molecular weight is 255 g/mol. The largest absolute Gasteiger partial charge is 0.381 e. The van der Waals surface area contributed by atoms with Gasteiger partial charge in [0.15, 0.2) is 0 Å². The fourth-order valence-corrected chi connectivity index (χ4v) is 2.21. The maximum absolute atomic E-state index is 12.5. The van der Waals surface area contributed by atoms with Crippen molar-refractivity contribution >= 4 is 0 Å². The third-order valence-electron chi connectivity index (χ3n) is 3.31. The van der Waals surface area contributed by atoms with Crippen LogP contribution in [0.25, 0.3) is 0 Å². The van der Waals surface area contributed by atoms with Crippen molar-refractivity contribution in [2.75, 3.05) is 19.8 Å². The third kappa shape index (κ3) is 4.03. The number of benzene rings is 1. The van der Waals surface area contributed by atoms with Crippen molar-refractivity contribution in [2.45, 2.75) is 25.8 Å². The van der Waals surface area contributed by atoms with E-state index in [9.17, 15) is 8.78 Å². The molecular formula is C14H19F2NO. The van der Waals surface area contributed by atoms with Gasteiger partial charge in [-0.05, 0) is 36.9 Å². The number of ether oxygens (including phenoxy) is 1. The molecule has 4 heteroatoms. The minimum Gasteiger partial charge on any atom is -0.381 e. The molecule has 1 aromatic carbocycles. The number of rotatable bonds is 5. The van der Waals surface area contributed by atoms with E-state index in [1.165, 1.54) is 6.07 Å². The molecule has 1 aromatic rings. The number of halogens is 2.